The first-order valence-electron chi connectivity index (χ1n) is 6.97. The number of para-hydroxylation sites is 1. The third-order valence-corrected chi connectivity index (χ3v) is 4.89. The van der Waals surface area contributed by atoms with Gasteiger partial charge < -0.3 is 14.7 Å². The Balaban J connectivity index is 1.79. The standard InChI is InChI=1S/C15H17N3O2/c1-16-8-13(19)18-12(15(16)20)7-10-9-5-3-4-6-11(9)17(2)14(10)18/h3-6,10,12,14H,7-8H2,1-2H3/t10?,12-,14+/m0/s1. The molecule has 0 N–H and O–H groups in total. The Hall–Kier alpha value is -2.04. The number of carbonyl (C=O) groups excluding carboxylic acids is 2. The van der Waals surface area contributed by atoms with Gasteiger partial charge in [-0.05, 0) is 18.1 Å². The molecule has 3 heterocycles. The van der Waals surface area contributed by atoms with Crippen molar-refractivity contribution in [1.29, 1.82) is 0 Å². The fourth-order valence-corrected chi connectivity index (χ4v) is 4.02. The monoisotopic (exact) mass is 271 g/mol. The first-order chi connectivity index (χ1) is 9.59. The second-order valence-electron chi connectivity index (χ2n) is 5.94. The topological polar surface area (TPSA) is 43.9 Å². The van der Waals surface area contributed by atoms with Gasteiger partial charge in [0.2, 0.25) is 11.8 Å². The Bertz CT molecular complexity index is 615. The van der Waals surface area contributed by atoms with E-state index >= 15 is 0 Å². The molecule has 0 aliphatic carbocycles. The molecule has 1 unspecified atom stereocenters. The van der Waals surface area contributed by atoms with Gasteiger partial charge in [0.15, 0.2) is 0 Å². The zero-order chi connectivity index (χ0) is 14.0. The van der Waals surface area contributed by atoms with Crippen LogP contribution in [-0.4, -0.2) is 54.5 Å². The molecule has 1 aromatic rings. The second kappa shape index (κ2) is 3.75. The Morgan fingerprint density at radius 1 is 1.15 bits per heavy atom. The minimum absolute atomic E-state index is 0.00236. The highest BCUT2D eigenvalue weighted by molar-refractivity contribution is 5.96. The van der Waals surface area contributed by atoms with Crippen LogP contribution in [0.4, 0.5) is 5.69 Å². The van der Waals surface area contributed by atoms with Crippen LogP contribution in [-0.2, 0) is 9.59 Å². The van der Waals surface area contributed by atoms with Crippen molar-refractivity contribution < 1.29 is 9.59 Å². The Labute approximate surface area is 117 Å². The van der Waals surface area contributed by atoms with Gasteiger partial charge in [-0.3, -0.25) is 9.59 Å². The SMILES string of the molecule is CN1CC(=O)N2[C@@H]3C(C[C@H]2C1=O)c1ccccc1N3C. The summed E-state index contributed by atoms with van der Waals surface area (Å²) < 4.78 is 0. The third-order valence-electron chi connectivity index (χ3n) is 4.89. The molecule has 20 heavy (non-hydrogen) atoms. The van der Waals surface area contributed by atoms with Crippen molar-refractivity contribution >= 4 is 17.5 Å². The van der Waals surface area contributed by atoms with Crippen molar-refractivity contribution in [2.24, 2.45) is 0 Å². The summed E-state index contributed by atoms with van der Waals surface area (Å²) in [5.74, 6) is 0.384. The number of hydrogen-bond donors (Lipinski definition) is 0. The average Bonchev–Trinajstić information content (AvgIpc) is 2.95. The molecule has 0 radical (unpaired) electrons. The molecular formula is C15H17N3O2. The van der Waals surface area contributed by atoms with E-state index in [9.17, 15) is 9.59 Å². The highest BCUT2D eigenvalue weighted by Gasteiger charge is 2.55. The quantitative estimate of drug-likeness (QED) is 0.695. The zero-order valence-electron chi connectivity index (χ0n) is 11.6. The first-order valence-corrected chi connectivity index (χ1v) is 6.97. The van der Waals surface area contributed by atoms with Crippen molar-refractivity contribution in [1.82, 2.24) is 9.80 Å². The van der Waals surface area contributed by atoms with Gasteiger partial charge in [-0.15, -0.1) is 0 Å². The van der Waals surface area contributed by atoms with Gasteiger partial charge in [-0.2, -0.15) is 0 Å². The van der Waals surface area contributed by atoms with Crippen LogP contribution in [0.5, 0.6) is 0 Å². The smallest absolute Gasteiger partial charge is 0.245 e. The van der Waals surface area contributed by atoms with Crippen molar-refractivity contribution in [3.63, 3.8) is 0 Å². The molecule has 2 saturated heterocycles. The number of hydrogen-bond acceptors (Lipinski definition) is 3. The molecule has 0 bridgehead atoms. The highest BCUT2D eigenvalue weighted by Crippen LogP contribution is 2.49. The Morgan fingerprint density at radius 3 is 2.70 bits per heavy atom. The van der Waals surface area contributed by atoms with Gasteiger partial charge in [0.25, 0.3) is 0 Å². The predicted molar refractivity (Wildman–Crippen MR) is 74.3 cm³/mol. The highest BCUT2D eigenvalue weighted by atomic mass is 16.2. The lowest BCUT2D eigenvalue weighted by Gasteiger charge is -2.39. The molecule has 3 aliphatic heterocycles. The van der Waals surface area contributed by atoms with Crippen molar-refractivity contribution in [2.75, 3.05) is 25.5 Å². The zero-order valence-corrected chi connectivity index (χ0v) is 11.6. The maximum Gasteiger partial charge on any atom is 0.245 e. The number of piperazine rings is 1. The number of nitrogens with zero attached hydrogens (tertiary/aromatic N) is 3. The van der Waals surface area contributed by atoms with E-state index in [4.69, 9.17) is 0 Å². The van der Waals surface area contributed by atoms with Crippen LogP contribution in [0.3, 0.4) is 0 Å². The summed E-state index contributed by atoms with van der Waals surface area (Å²) in [5, 5.41) is 0. The van der Waals surface area contributed by atoms with E-state index in [0.29, 0.717) is 0 Å². The van der Waals surface area contributed by atoms with Crippen LogP contribution < -0.4 is 4.90 Å². The summed E-state index contributed by atoms with van der Waals surface area (Å²) in [5.41, 5.74) is 2.44. The van der Waals surface area contributed by atoms with Gasteiger partial charge >= 0.3 is 0 Å². The summed E-state index contributed by atoms with van der Waals surface area (Å²) in [7, 11) is 3.73. The first kappa shape index (κ1) is 11.8. The van der Waals surface area contributed by atoms with E-state index in [2.05, 4.69) is 17.0 Å². The van der Waals surface area contributed by atoms with E-state index in [0.717, 1.165) is 6.42 Å². The number of carbonyl (C=O) groups is 2. The van der Waals surface area contributed by atoms with Gasteiger partial charge in [0.05, 0.1) is 6.54 Å². The number of rotatable bonds is 0. The van der Waals surface area contributed by atoms with E-state index in [1.54, 1.807) is 11.9 Å². The minimum atomic E-state index is -0.285. The number of anilines is 1. The van der Waals surface area contributed by atoms with E-state index in [1.807, 2.05) is 24.1 Å². The average molecular weight is 271 g/mol. The van der Waals surface area contributed by atoms with Crippen LogP contribution in [0.25, 0.3) is 0 Å². The minimum Gasteiger partial charge on any atom is -0.353 e. The molecule has 2 amide bonds. The van der Waals surface area contributed by atoms with Gasteiger partial charge in [0, 0.05) is 25.7 Å². The maximum atomic E-state index is 12.4. The van der Waals surface area contributed by atoms with Crippen LogP contribution >= 0.6 is 0 Å². The number of likely N-dealkylation sites (N-methyl/N-ethyl adjacent to an activating group) is 2. The summed E-state index contributed by atoms with van der Waals surface area (Å²) in [6, 6.07) is 7.97. The van der Waals surface area contributed by atoms with Crippen LogP contribution in [0, 0.1) is 0 Å². The summed E-state index contributed by atoms with van der Waals surface area (Å²) in [4.78, 5) is 30.2. The summed E-state index contributed by atoms with van der Waals surface area (Å²) in [6.45, 7) is 0.197. The fourth-order valence-electron chi connectivity index (χ4n) is 4.02. The van der Waals surface area contributed by atoms with Crippen molar-refractivity contribution in [2.45, 2.75) is 24.5 Å². The number of fused-ring (bicyclic) bond motifs is 5. The number of benzene rings is 1. The summed E-state index contributed by atoms with van der Waals surface area (Å²) >= 11 is 0. The molecule has 1 aromatic carbocycles. The molecule has 104 valence electrons. The fraction of sp³-hybridized carbons (Fsp3) is 0.467. The van der Waals surface area contributed by atoms with Crippen LogP contribution in [0.1, 0.15) is 17.9 Å². The van der Waals surface area contributed by atoms with E-state index in [1.165, 1.54) is 11.3 Å². The molecule has 5 heteroatoms. The lowest BCUT2D eigenvalue weighted by atomic mass is 9.96. The van der Waals surface area contributed by atoms with Crippen molar-refractivity contribution in [3.8, 4) is 0 Å². The van der Waals surface area contributed by atoms with Gasteiger partial charge in [-0.25, -0.2) is 0 Å². The van der Waals surface area contributed by atoms with Gasteiger partial charge in [0.1, 0.15) is 12.2 Å². The Kier molecular flexibility index (Phi) is 2.20. The predicted octanol–water partition coefficient (Wildman–Crippen LogP) is 0.619. The molecule has 0 saturated carbocycles. The molecule has 0 spiro atoms. The van der Waals surface area contributed by atoms with Crippen LogP contribution in [0.2, 0.25) is 0 Å². The second-order valence-corrected chi connectivity index (χ2v) is 5.94. The largest absolute Gasteiger partial charge is 0.353 e. The molecule has 5 nitrogen and oxygen atoms in total. The lowest BCUT2D eigenvalue weighted by Crippen LogP contribution is -2.60. The Morgan fingerprint density at radius 2 is 1.90 bits per heavy atom. The van der Waals surface area contributed by atoms with Gasteiger partial charge in [-0.1, -0.05) is 18.2 Å². The molecule has 0 aromatic heterocycles. The molecule has 3 atom stereocenters. The molecular weight excluding hydrogens is 254 g/mol. The third kappa shape index (κ3) is 1.27. The van der Waals surface area contributed by atoms with E-state index < -0.39 is 0 Å². The molecule has 3 aliphatic rings. The molecule has 4 rings (SSSR count). The summed E-state index contributed by atoms with van der Waals surface area (Å²) in [6.07, 6.45) is 0.739. The van der Waals surface area contributed by atoms with Crippen molar-refractivity contribution in [3.05, 3.63) is 29.8 Å². The lowest BCUT2D eigenvalue weighted by molar-refractivity contribution is -0.153. The maximum absolute atomic E-state index is 12.4. The van der Waals surface area contributed by atoms with Crippen LogP contribution in [0.15, 0.2) is 24.3 Å². The number of amides is 2. The van der Waals surface area contributed by atoms with E-state index in [-0.39, 0.29) is 36.5 Å². The molecule has 2 fully saturated rings. The normalized spacial score (nSPS) is 31.5.